The van der Waals surface area contributed by atoms with Gasteiger partial charge >= 0.3 is 0 Å². The third-order valence-corrected chi connectivity index (χ3v) is 4.22. The predicted molar refractivity (Wildman–Crippen MR) is 96.1 cm³/mol. The van der Waals surface area contributed by atoms with Gasteiger partial charge in [-0.2, -0.15) is 0 Å². The van der Waals surface area contributed by atoms with Gasteiger partial charge in [-0.15, -0.1) is 0 Å². The van der Waals surface area contributed by atoms with E-state index < -0.39 is 5.91 Å². The molecule has 0 saturated heterocycles. The molecular formula is C19H16ClNO3. The maximum Gasteiger partial charge on any atom is 0.291 e. The molecule has 0 radical (unpaired) electrons. The van der Waals surface area contributed by atoms with Crippen LogP contribution in [0.3, 0.4) is 0 Å². The van der Waals surface area contributed by atoms with E-state index in [-0.39, 0.29) is 11.2 Å². The lowest BCUT2D eigenvalue weighted by molar-refractivity contribution is 0.0997. The minimum absolute atomic E-state index is 0.0313. The second-order valence-corrected chi connectivity index (χ2v) is 6.26. The smallest absolute Gasteiger partial charge is 0.291 e. The Bertz CT molecular complexity index is 1020. The highest BCUT2D eigenvalue weighted by molar-refractivity contribution is 6.31. The molecule has 3 aromatic rings. The number of anilines is 1. The third kappa shape index (κ3) is 3.05. The van der Waals surface area contributed by atoms with Crippen LogP contribution in [0.2, 0.25) is 5.02 Å². The van der Waals surface area contributed by atoms with E-state index in [0.29, 0.717) is 21.7 Å². The van der Waals surface area contributed by atoms with E-state index in [9.17, 15) is 9.59 Å². The zero-order chi connectivity index (χ0) is 17.4. The zero-order valence-electron chi connectivity index (χ0n) is 13.6. The van der Waals surface area contributed by atoms with Crippen LogP contribution < -0.4 is 10.7 Å². The Hall–Kier alpha value is -2.59. The van der Waals surface area contributed by atoms with Crippen LogP contribution in [0.5, 0.6) is 0 Å². The van der Waals surface area contributed by atoms with Gasteiger partial charge in [0.15, 0.2) is 11.2 Å². The fourth-order valence-corrected chi connectivity index (χ4v) is 2.76. The molecule has 0 saturated carbocycles. The molecule has 3 rings (SSSR count). The molecule has 24 heavy (non-hydrogen) atoms. The van der Waals surface area contributed by atoms with Crippen LogP contribution in [0.15, 0.2) is 45.6 Å². The Morgan fingerprint density at radius 2 is 1.79 bits per heavy atom. The second kappa shape index (κ2) is 6.13. The maximum absolute atomic E-state index is 12.4. The Kier molecular flexibility index (Phi) is 4.16. The predicted octanol–water partition coefficient (Wildman–Crippen LogP) is 4.62. The normalized spacial score (nSPS) is 10.8. The Balaban J connectivity index is 2.01. The summed E-state index contributed by atoms with van der Waals surface area (Å²) in [7, 11) is 0. The SMILES string of the molecule is Cc1cc(C)c2oc(C(=O)Nc3ccc(C)c(Cl)c3)cc(=O)c2c1. The van der Waals surface area contributed by atoms with Crippen LogP contribution >= 0.6 is 11.6 Å². The summed E-state index contributed by atoms with van der Waals surface area (Å²) in [5.41, 5.74) is 3.43. The van der Waals surface area contributed by atoms with E-state index in [2.05, 4.69) is 5.32 Å². The second-order valence-electron chi connectivity index (χ2n) is 5.85. The number of nitrogens with one attached hydrogen (secondary N) is 1. The average Bonchev–Trinajstić information content (AvgIpc) is 2.51. The van der Waals surface area contributed by atoms with Crippen molar-refractivity contribution in [1.29, 1.82) is 0 Å². The third-order valence-electron chi connectivity index (χ3n) is 3.81. The summed E-state index contributed by atoms with van der Waals surface area (Å²) in [6.07, 6.45) is 0. The van der Waals surface area contributed by atoms with Gasteiger partial charge in [0.1, 0.15) is 5.58 Å². The number of carbonyl (C=O) groups is 1. The van der Waals surface area contributed by atoms with Crippen molar-refractivity contribution < 1.29 is 9.21 Å². The van der Waals surface area contributed by atoms with Crippen LogP contribution in [0.25, 0.3) is 11.0 Å². The van der Waals surface area contributed by atoms with Crippen LogP contribution in [0.4, 0.5) is 5.69 Å². The van der Waals surface area contributed by atoms with Crippen LogP contribution in [-0.4, -0.2) is 5.91 Å². The Morgan fingerprint density at radius 3 is 2.50 bits per heavy atom. The molecule has 0 unspecified atom stereocenters. The van der Waals surface area contributed by atoms with Gasteiger partial charge < -0.3 is 9.73 Å². The van der Waals surface area contributed by atoms with Gasteiger partial charge in [0, 0.05) is 16.8 Å². The summed E-state index contributed by atoms with van der Waals surface area (Å²) in [4.78, 5) is 24.7. The van der Waals surface area contributed by atoms with E-state index in [1.807, 2.05) is 26.8 Å². The zero-order valence-corrected chi connectivity index (χ0v) is 14.3. The van der Waals surface area contributed by atoms with E-state index in [0.717, 1.165) is 16.7 Å². The lowest BCUT2D eigenvalue weighted by Gasteiger charge is -2.08. The van der Waals surface area contributed by atoms with Gasteiger partial charge in [0.05, 0.1) is 5.39 Å². The Morgan fingerprint density at radius 1 is 1.04 bits per heavy atom. The first-order chi connectivity index (χ1) is 11.3. The summed E-state index contributed by atoms with van der Waals surface area (Å²) in [6.45, 7) is 5.63. The maximum atomic E-state index is 12.4. The molecule has 5 heteroatoms. The summed E-state index contributed by atoms with van der Waals surface area (Å²) >= 11 is 6.06. The molecule has 4 nitrogen and oxygen atoms in total. The van der Waals surface area contributed by atoms with Gasteiger partial charge in [-0.3, -0.25) is 9.59 Å². The molecule has 0 bridgehead atoms. The number of fused-ring (bicyclic) bond motifs is 1. The average molecular weight is 342 g/mol. The van der Waals surface area contributed by atoms with Crippen LogP contribution in [0, 0.1) is 20.8 Å². The van der Waals surface area contributed by atoms with Crippen molar-refractivity contribution in [2.45, 2.75) is 20.8 Å². The van der Waals surface area contributed by atoms with Crippen molar-refractivity contribution in [3.63, 3.8) is 0 Å². The largest absolute Gasteiger partial charge is 0.450 e. The lowest BCUT2D eigenvalue weighted by atomic mass is 10.1. The van der Waals surface area contributed by atoms with Crippen LogP contribution in [0.1, 0.15) is 27.2 Å². The number of halogens is 1. The quantitative estimate of drug-likeness (QED) is 0.739. The van der Waals surface area contributed by atoms with Crippen molar-refractivity contribution >= 4 is 34.2 Å². The standard InChI is InChI=1S/C19H16ClNO3/c1-10-6-12(3)18-14(7-10)16(22)9-17(24-18)19(23)21-13-5-4-11(2)15(20)8-13/h4-9H,1-3H3,(H,21,23). The van der Waals surface area contributed by atoms with Crippen molar-refractivity contribution in [1.82, 2.24) is 0 Å². The molecular weight excluding hydrogens is 326 g/mol. The first kappa shape index (κ1) is 16.3. The fraction of sp³-hybridized carbons (Fsp3) is 0.158. The van der Waals surface area contributed by atoms with E-state index >= 15 is 0 Å². The molecule has 0 spiro atoms. The first-order valence-corrected chi connectivity index (χ1v) is 7.85. The molecule has 1 heterocycles. The lowest BCUT2D eigenvalue weighted by Crippen LogP contribution is -2.15. The van der Waals surface area contributed by atoms with E-state index in [1.165, 1.54) is 6.07 Å². The molecule has 0 aliphatic rings. The van der Waals surface area contributed by atoms with Crippen molar-refractivity contribution in [2.24, 2.45) is 0 Å². The molecule has 0 aliphatic heterocycles. The van der Waals surface area contributed by atoms with E-state index in [4.69, 9.17) is 16.0 Å². The molecule has 1 amide bonds. The van der Waals surface area contributed by atoms with Crippen molar-refractivity contribution in [3.8, 4) is 0 Å². The number of carbonyl (C=O) groups excluding carboxylic acids is 1. The number of aryl methyl sites for hydroxylation is 3. The minimum atomic E-state index is -0.492. The summed E-state index contributed by atoms with van der Waals surface area (Å²) < 4.78 is 5.67. The summed E-state index contributed by atoms with van der Waals surface area (Å²) in [5.74, 6) is -0.523. The number of amides is 1. The number of hydrogen-bond donors (Lipinski definition) is 1. The van der Waals surface area contributed by atoms with Gasteiger partial charge in [-0.1, -0.05) is 23.7 Å². The minimum Gasteiger partial charge on any atom is -0.450 e. The van der Waals surface area contributed by atoms with Crippen molar-refractivity contribution in [2.75, 3.05) is 5.32 Å². The molecule has 0 fully saturated rings. The molecule has 0 aliphatic carbocycles. The highest BCUT2D eigenvalue weighted by Crippen LogP contribution is 2.22. The molecule has 0 atom stereocenters. The van der Waals surface area contributed by atoms with Gasteiger partial charge in [0.2, 0.25) is 0 Å². The van der Waals surface area contributed by atoms with Gasteiger partial charge in [0.25, 0.3) is 5.91 Å². The van der Waals surface area contributed by atoms with Gasteiger partial charge in [-0.05, 0) is 55.7 Å². The highest BCUT2D eigenvalue weighted by Gasteiger charge is 2.14. The highest BCUT2D eigenvalue weighted by atomic mass is 35.5. The Labute approximate surface area is 144 Å². The topological polar surface area (TPSA) is 59.3 Å². The van der Waals surface area contributed by atoms with E-state index in [1.54, 1.807) is 24.3 Å². The molecule has 1 aromatic heterocycles. The number of benzene rings is 2. The van der Waals surface area contributed by atoms with Crippen LogP contribution in [-0.2, 0) is 0 Å². The van der Waals surface area contributed by atoms with Crippen molar-refractivity contribution in [3.05, 3.63) is 74.1 Å². The fourth-order valence-electron chi connectivity index (χ4n) is 2.58. The summed E-state index contributed by atoms with van der Waals surface area (Å²) in [6, 6.07) is 10.1. The summed E-state index contributed by atoms with van der Waals surface area (Å²) in [5, 5.41) is 3.72. The molecule has 1 N–H and O–H groups in total. The monoisotopic (exact) mass is 341 g/mol. The first-order valence-electron chi connectivity index (χ1n) is 7.48. The van der Waals surface area contributed by atoms with Gasteiger partial charge in [-0.25, -0.2) is 0 Å². The number of hydrogen-bond acceptors (Lipinski definition) is 3. The molecule has 122 valence electrons. The number of rotatable bonds is 2. The molecule has 2 aromatic carbocycles.